The number of anilines is 1. The highest BCUT2D eigenvalue weighted by atomic mass is 19.1. The topological polar surface area (TPSA) is 49.4 Å². The minimum atomic E-state index is -0.570. The highest BCUT2D eigenvalue weighted by Gasteiger charge is 2.29. The van der Waals surface area contributed by atoms with Crippen LogP contribution in [0.15, 0.2) is 42.5 Å². The quantitative estimate of drug-likeness (QED) is 0.892. The largest absolute Gasteiger partial charge is 0.345 e. The lowest BCUT2D eigenvalue weighted by atomic mass is 9.80. The van der Waals surface area contributed by atoms with Gasteiger partial charge in [0.15, 0.2) is 0 Å². The maximum atomic E-state index is 14.4. The van der Waals surface area contributed by atoms with E-state index in [9.17, 15) is 14.0 Å². The minimum absolute atomic E-state index is 0.0116. The van der Waals surface area contributed by atoms with Gasteiger partial charge in [0.2, 0.25) is 5.91 Å². The van der Waals surface area contributed by atoms with Crippen molar-refractivity contribution < 1.29 is 14.0 Å². The van der Waals surface area contributed by atoms with Crippen LogP contribution >= 0.6 is 0 Å². The first-order valence-electron chi connectivity index (χ1n) is 9.53. The lowest BCUT2D eigenvalue weighted by Gasteiger charge is -2.32. The lowest BCUT2D eigenvalue weighted by molar-refractivity contribution is -0.117. The second-order valence-electron chi connectivity index (χ2n) is 7.48. The van der Waals surface area contributed by atoms with Crippen molar-refractivity contribution in [1.82, 2.24) is 5.32 Å². The van der Waals surface area contributed by atoms with Gasteiger partial charge in [-0.05, 0) is 54.5 Å². The Morgan fingerprint density at radius 2 is 2.00 bits per heavy atom. The third-order valence-electron chi connectivity index (χ3n) is 5.69. The number of halogens is 1. The molecule has 1 heterocycles. The van der Waals surface area contributed by atoms with E-state index in [4.69, 9.17) is 0 Å². The number of carbonyl (C=O) groups is 2. The molecule has 27 heavy (non-hydrogen) atoms. The Balaban J connectivity index is 1.61. The SMILES string of the molecule is C[C@@H]1CCc2ccccc2[C@H]1NC(=O)c1cc(N2CCCC2=O)ccc1F. The van der Waals surface area contributed by atoms with Crippen molar-refractivity contribution in [2.45, 2.75) is 38.6 Å². The van der Waals surface area contributed by atoms with Gasteiger partial charge in [-0.15, -0.1) is 0 Å². The van der Waals surface area contributed by atoms with E-state index in [1.807, 2.05) is 18.2 Å². The van der Waals surface area contributed by atoms with E-state index in [0.29, 0.717) is 18.7 Å². The molecule has 0 radical (unpaired) electrons. The van der Waals surface area contributed by atoms with Crippen LogP contribution in [0.1, 0.15) is 53.7 Å². The van der Waals surface area contributed by atoms with Crippen LogP contribution in [0.3, 0.4) is 0 Å². The second kappa shape index (κ2) is 7.14. The Bertz CT molecular complexity index is 896. The molecule has 1 N–H and O–H groups in total. The summed E-state index contributed by atoms with van der Waals surface area (Å²) in [6.45, 7) is 2.72. The maximum absolute atomic E-state index is 14.4. The van der Waals surface area contributed by atoms with E-state index in [1.54, 1.807) is 11.0 Å². The summed E-state index contributed by atoms with van der Waals surface area (Å²) in [5, 5.41) is 3.03. The highest BCUT2D eigenvalue weighted by Crippen LogP contribution is 2.34. The fourth-order valence-corrected chi connectivity index (χ4v) is 4.14. The monoisotopic (exact) mass is 366 g/mol. The van der Waals surface area contributed by atoms with Gasteiger partial charge in [0, 0.05) is 18.7 Å². The van der Waals surface area contributed by atoms with Crippen LogP contribution in [0.5, 0.6) is 0 Å². The Kier molecular flexibility index (Phi) is 4.68. The van der Waals surface area contributed by atoms with Gasteiger partial charge in [-0.2, -0.15) is 0 Å². The Labute approximate surface area is 158 Å². The van der Waals surface area contributed by atoms with Gasteiger partial charge in [0.25, 0.3) is 5.91 Å². The number of hydrogen-bond donors (Lipinski definition) is 1. The number of aryl methyl sites for hydroxylation is 1. The molecule has 2 aromatic rings. The van der Waals surface area contributed by atoms with Gasteiger partial charge in [-0.25, -0.2) is 4.39 Å². The maximum Gasteiger partial charge on any atom is 0.254 e. The average Bonchev–Trinajstić information content (AvgIpc) is 3.10. The van der Waals surface area contributed by atoms with Crippen molar-refractivity contribution in [2.24, 2.45) is 5.92 Å². The number of fused-ring (bicyclic) bond motifs is 1. The molecule has 0 aromatic heterocycles. The molecule has 0 unspecified atom stereocenters. The Hall–Kier alpha value is -2.69. The summed E-state index contributed by atoms with van der Waals surface area (Å²) in [4.78, 5) is 26.5. The summed E-state index contributed by atoms with van der Waals surface area (Å²) in [5.74, 6) is -0.716. The standard InChI is InChI=1S/C22H23FN2O2/c1-14-8-9-15-5-2-3-6-17(15)21(14)24-22(27)18-13-16(10-11-19(18)23)25-12-4-7-20(25)26/h2-3,5-6,10-11,13-14,21H,4,7-9,12H2,1H3,(H,24,27)/t14-,21+/m1/s1. The van der Waals surface area contributed by atoms with Crippen LogP contribution in [0.4, 0.5) is 10.1 Å². The molecule has 2 amide bonds. The van der Waals surface area contributed by atoms with Gasteiger partial charge in [-0.3, -0.25) is 9.59 Å². The number of nitrogens with zero attached hydrogens (tertiary/aromatic N) is 1. The van der Waals surface area contributed by atoms with Crippen LogP contribution in [-0.2, 0) is 11.2 Å². The minimum Gasteiger partial charge on any atom is -0.345 e. The molecule has 0 saturated carbocycles. The van der Waals surface area contributed by atoms with Crippen LogP contribution in [0.2, 0.25) is 0 Å². The van der Waals surface area contributed by atoms with Crippen molar-refractivity contribution in [2.75, 3.05) is 11.4 Å². The van der Waals surface area contributed by atoms with Crippen molar-refractivity contribution in [3.05, 3.63) is 65.0 Å². The molecule has 1 aliphatic carbocycles. The van der Waals surface area contributed by atoms with E-state index in [0.717, 1.165) is 24.8 Å². The van der Waals surface area contributed by atoms with Crippen molar-refractivity contribution in [3.8, 4) is 0 Å². The molecule has 4 nitrogen and oxygen atoms in total. The molecule has 2 aliphatic rings. The molecule has 4 rings (SSSR count). The fraction of sp³-hybridized carbons (Fsp3) is 0.364. The van der Waals surface area contributed by atoms with Gasteiger partial charge >= 0.3 is 0 Å². The van der Waals surface area contributed by atoms with Crippen molar-refractivity contribution >= 4 is 17.5 Å². The fourth-order valence-electron chi connectivity index (χ4n) is 4.14. The molecule has 140 valence electrons. The van der Waals surface area contributed by atoms with E-state index in [1.165, 1.54) is 17.7 Å². The van der Waals surface area contributed by atoms with Crippen LogP contribution < -0.4 is 10.2 Å². The van der Waals surface area contributed by atoms with E-state index < -0.39 is 11.7 Å². The number of benzene rings is 2. The first-order chi connectivity index (χ1) is 13.0. The van der Waals surface area contributed by atoms with Gasteiger partial charge < -0.3 is 10.2 Å². The summed E-state index contributed by atoms with van der Waals surface area (Å²) < 4.78 is 14.4. The molecule has 2 atom stereocenters. The molecule has 1 aliphatic heterocycles. The Morgan fingerprint density at radius 1 is 1.19 bits per heavy atom. The van der Waals surface area contributed by atoms with Crippen LogP contribution in [0.25, 0.3) is 0 Å². The predicted octanol–water partition coefficient (Wildman–Crippen LogP) is 4.01. The van der Waals surface area contributed by atoms with Crippen molar-refractivity contribution in [3.63, 3.8) is 0 Å². The van der Waals surface area contributed by atoms with Gasteiger partial charge in [0.05, 0.1) is 11.6 Å². The average molecular weight is 366 g/mol. The summed E-state index contributed by atoms with van der Waals surface area (Å²) in [5.41, 5.74) is 2.91. The number of carbonyl (C=O) groups excluding carboxylic acids is 2. The number of rotatable bonds is 3. The second-order valence-corrected chi connectivity index (χ2v) is 7.48. The molecular formula is C22H23FN2O2. The summed E-state index contributed by atoms with van der Waals surface area (Å²) in [6.07, 6.45) is 3.25. The normalized spacial score (nSPS) is 21.9. The molecule has 0 spiro atoms. The summed E-state index contributed by atoms with van der Waals surface area (Å²) in [7, 11) is 0. The third kappa shape index (κ3) is 3.34. The molecule has 1 saturated heterocycles. The highest BCUT2D eigenvalue weighted by molar-refractivity contribution is 5.99. The molecule has 5 heteroatoms. The first kappa shape index (κ1) is 17.7. The lowest BCUT2D eigenvalue weighted by Crippen LogP contribution is -2.36. The number of hydrogen-bond acceptors (Lipinski definition) is 2. The van der Waals surface area contributed by atoms with Crippen LogP contribution in [-0.4, -0.2) is 18.4 Å². The molecule has 2 aromatic carbocycles. The first-order valence-corrected chi connectivity index (χ1v) is 9.53. The molecular weight excluding hydrogens is 343 g/mol. The van der Waals surface area contributed by atoms with Gasteiger partial charge in [-0.1, -0.05) is 31.2 Å². The van der Waals surface area contributed by atoms with E-state index in [-0.39, 0.29) is 23.4 Å². The number of amides is 2. The molecule has 0 bridgehead atoms. The zero-order valence-electron chi connectivity index (χ0n) is 15.4. The predicted molar refractivity (Wildman–Crippen MR) is 102 cm³/mol. The third-order valence-corrected chi connectivity index (χ3v) is 5.69. The van der Waals surface area contributed by atoms with Gasteiger partial charge in [0.1, 0.15) is 5.82 Å². The van der Waals surface area contributed by atoms with E-state index in [2.05, 4.69) is 18.3 Å². The Morgan fingerprint density at radius 3 is 2.78 bits per heavy atom. The van der Waals surface area contributed by atoms with Crippen molar-refractivity contribution in [1.29, 1.82) is 0 Å². The summed E-state index contributed by atoms with van der Waals surface area (Å²) >= 11 is 0. The smallest absolute Gasteiger partial charge is 0.254 e. The zero-order valence-corrected chi connectivity index (χ0v) is 15.4. The number of nitrogens with one attached hydrogen (secondary N) is 1. The molecule has 1 fully saturated rings. The van der Waals surface area contributed by atoms with Crippen LogP contribution in [0, 0.1) is 11.7 Å². The summed E-state index contributed by atoms with van der Waals surface area (Å²) in [6, 6.07) is 12.3. The van der Waals surface area contributed by atoms with E-state index >= 15 is 0 Å². The zero-order chi connectivity index (χ0) is 19.0.